The van der Waals surface area contributed by atoms with E-state index >= 15 is 0 Å². The molecule has 0 aliphatic carbocycles. The molecule has 4 nitrogen and oxygen atoms in total. The number of benzene rings is 1. The van der Waals surface area contributed by atoms with E-state index < -0.39 is 0 Å². The van der Waals surface area contributed by atoms with E-state index in [9.17, 15) is 9.59 Å². The van der Waals surface area contributed by atoms with Crippen LogP contribution in [0.2, 0.25) is 0 Å². The van der Waals surface area contributed by atoms with Crippen LogP contribution in [-0.4, -0.2) is 18.9 Å². The summed E-state index contributed by atoms with van der Waals surface area (Å²) < 4.78 is 10.6. The lowest BCUT2D eigenvalue weighted by molar-refractivity contribution is 0.0497. The monoisotopic (exact) mass is 314 g/mol. The van der Waals surface area contributed by atoms with Crippen LogP contribution >= 0.6 is 0 Å². The molecule has 122 valence electrons. The van der Waals surface area contributed by atoms with Crippen molar-refractivity contribution in [1.29, 1.82) is 0 Å². The molecule has 1 aromatic heterocycles. The Balaban J connectivity index is 1.84. The van der Waals surface area contributed by atoms with Crippen LogP contribution in [0.1, 0.15) is 59.9 Å². The molecule has 0 saturated heterocycles. The normalized spacial score (nSPS) is 10.5. The van der Waals surface area contributed by atoms with Gasteiger partial charge in [-0.1, -0.05) is 44.7 Å². The minimum absolute atomic E-state index is 0.284. The summed E-state index contributed by atoms with van der Waals surface area (Å²) in [7, 11) is 0. The van der Waals surface area contributed by atoms with Gasteiger partial charge in [-0.2, -0.15) is 0 Å². The Hall–Kier alpha value is -2.36. The number of furan rings is 1. The molecule has 23 heavy (non-hydrogen) atoms. The molecule has 0 aliphatic heterocycles. The summed E-state index contributed by atoms with van der Waals surface area (Å²) in [5, 5.41) is 0. The van der Waals surface area contributed by atoms with Gasteiger partial charge in [-0.3, -0.25) is 4.79 Å². The fourth-order valence-electron chi connectivity index (χ4n) is 2.30. The first-order valence-electron chi connectivity index (χ1n) is 8.07. The molecule has 1 heterocycles. The van der Waals surface area contributed by atoms with E-state index in [1.165, 1.54) is 19.3 Å². The topological polar surface area (TPSA) is 56.5 Å². The Morgan fingerprint density at radius 2 is 1.78 bits per heavy atom. The highest BCUT2D eigenvalue weighted by molar-refractivity contribution is 5.90. The molecule has 0 spiro atoms. The maximum absolute atomic E-state index is 11.9. The van der Waals surface area contributed by atoms with Crippen molar-refractivity contribution in [3.63, 3.8) is 0 Å². The smallest absolute Gasteiger partial charge is 0.338 e. The zero-order valence-electron chi connectivity index (χ0n) is 13.4. The molecular weight excluding hydrogens is 292 g/mol. The maximum Gasteiger partial charge on any atom is 0.338 e. The lowest BCUT2D eigenvalue weighted by atomic mass is 10.1. The molecule has 0 amide bonds. The number of esters is 1. The van der Waals surface area contributed by atoms with Gasteiger partial charge in [-0.15, -0.1) is 0 Å². The first kappa shape index (κ1) is 17.0. The van der Waals surface area contributed by atoms with Crippen LogP contribution in [0.3, 0.4) is 0 Å². The summed E-state index contributed by atoms with van der Waals surface area (Å²) in [5.74, 6) is 0.578. The standard InChI is InChI=1S/C19H22O4/c1-2-3-4-5-6-13-22-19(21)16-9-7-15(8-10-16)18-12-11-17(14-20)23-18/h7-12,14H,2-6,13H2,1H3. The molecule has 0 fully saturated rings. The Morgan fingerprint density at radius 3 is 2.43 bits per heavy atom. The second-order valence-electron chi connectivity index (χ2n) is 5.45. The molecule has 0 aliphatic rings. The van der Waals surface area contributed by atoms with Gasteiger partial charge in [0.15, 0.2) is 12.0 Å². The highest BCUT2D eigenvalue weighted by Gasteiger charge is 2.09. The molecule has 0 atom stereocenters. The zero-order valence-corrected chi connectivity index (χ0v) is 13.4. The van der Waals surface area contributed by atoms with E-state index in [-0.39, 0.29) is 11.7 Å². The molecule has 0 unspecified atom stereocenters. The summed E-state index contributed by atoms with van der Waals surface area (Å²) in [6, 6.07) is 10.3. The van der Waals surface area contributed by atoms with Gasteiger partial charge in [-0.05, 0) is 30.7 Å². The highest BCUT2D eigenvalue weighted by Crippen LogP contribution is 2.22. The predicted molar refractivity (Wildman–Crippen MR) is 88.6 cm³/mol. The third-order valence-corrected chi connectivity index (χ3v) is 3.63. The van der Waals surface area contributed by atoms with Crippen LogP contribution < -0.4 is 0 Å². The number of rotatable bonds is 9. The van der Waals surface area contributed by atoms with Gasteiger partial charge in [-0.25, -0.2) is 4.79 Å². The largest absolute Gasteiger partial charge is 0.462 e. The van der Waals surface area contributed by atoms with Crippen LogP contribution in [0.25, 0.3) is 11.3 Å². The summed E-state index contributed by atoms with van der Waals surface area (Å²) in [6.07, 6.45) is 6.29. The van der Waals surface area contributed by atoms with Gasteiger partial charge in [0.2, 0.25) is 0 Å². The van der Waals surface area contributed by atoms with Crippen molar-refractivity contribution >= 4 is 12.3 Å². The predicted octanol–water partition coefficient (Wildman–Crippen LogP) is 4.89. The van der Waals surface area contributed by atoms with Crippen LogP contribution in [-0.2, 0) is 4.74 Å². The number of aldehydes is 1. The number of unbranched alkanes of at least 4 members (excludes halogenated alkanes) is 4. The van der Waals surface area contributed by atoms with Gasteiger partial charge >= 0.3 is 5.97 Å². The van der Waals surface area contributed by atoms with Crippen molar-refractivity contribution in [3.8, 4) is 11.3 Å². The minimum Gasteiger partial charge on any atom is -0.462 e. The molecule has 0 bridgehead atoms. The number of ether oxygens (including phenoxy) is 1. The SMILES string of the molecule is CCCCCCCOC(=O)c1ccc(-c2ccc(C=O)o2)cc1. The minimum atomic E-state index is -0.305. The van der Waals surface area contributed by atoms with E-state index in [0.29, 0.717) is 24.2 Å². The summed E-state index contributed by atoms with van der Waals surface area (Å²) in [5.41, 5.74) is 1.33. The fourth-order valence-corrected chi connectivity index (χ4v) is 2.30. The Kier molecular flexibility index (Phi) is 6.60. The number of carbonyl (C=O) groups is 2. The van der Waals surface area contributed by atoms with E-state index in [1.807, 2.05) is 0 Å². The van der Waals surface area contributed by atoms with Gasteiger partial charge in [0.05, 0.1) is 12.2 Å². The van der Waals surface area contributed by atoms with Crippen molar-refractivity contribution < 1.29 is 18.7 Å². The highest BCUT2D eigenvalue weighted by atomic mass is 16.5. The average molecular weight is 314 g/mol. The molecule has 0 saturated carbocycles. The Labute approximate surface area is 136 Å². The summed E-state index contributed by atoms with van der Waals surface area (Å²) in [6.45, 7) is 2.64. The van der Waals surface area contributed by atoms with Crippen molar-refractivity contribution in [2.45, 2.75) is 39.0 Å². The van der Waals surface area contributed by atoms with E-state index in [2.05, 4.69) is 6.92 Å². The van der Waals surface area contributed by atoms with E-state index in [1.54, 1.807) is 36.4 Å². The fraction of sp³-hybridized carbons (Fsp3) is 0.368. The lowest BCUT2D eigenvalue weighted by Crippen LogP contribution is -2.06. The maximum atomic E-state index is 11.9. The van der Waals surface area contributed by atoms with E-state index in [4.69, 9.17) is 9.15 Å². The zero-order chi connectivity index (χ0) is 16.5. The summed E-state index contributed by atoms with van der Waals surface area (Å²) >= 11 is 0. The van der Waals surface area contributed by atoms with Crippen molar-refractivity contribution in [1.82, 2.24) is 0 Å². The number of hydrogen-bond acceptors (Lipinski definition) is 4. The van der Waals surface area contributed by atoms with Crippen LogP contribution in [0.5, 0.6) is 0 Å². The van der Waals surface area contributed by atoms with Gasteiger partial charge < -0.3 is 9.15 Å². The van der Waals surface area contributed by atoms with Crippen molar-refractivity contribution in [3.05, 3.63) is 47.7 Å². The quantitative estimate of drug-likeness (QED) is 0.376. The van der Waals surface area contributed by atoms with Gasteiger partial charge in [0.1, 0.15) is 5.76 Å². The number of carbonyl (C=O) groups excluding carboxylic acids is 2. The van der Waals surface area contributed by atoms with Gasteiger partial charge in [0.25, 0.3) is 0 Å². The van der Waals surface area contributed by atoms with Crippen LogP contribution in [0.4, 0.5) is 0 Å². The molecule has 1 aromatic carbocycles. The second kappa shape index (κ2) is 8.93. The Morgan fingerprint density at radius 1 is 1.04 bits per heavy atom. The first-order valence-corrected chi connectivity index (χ1v) is 8.07. The molecular formula is C19H22O4. The third-order valence-electron chi connectivity index (χ3n) is 3.63. The first-order chi connectivity index (χ1) is 11.2. The molecule has 4 heteroatoms. The van der Waals surface area contributed by atoms with E-state index in [0.717, 1.165) is 18.4 Å². The molecule has 2 aromatic rings. The van der Waals surface area contributed by atoms with Gasteiger partial charge in [0, 0.05) is 5.56 Å². The second-order valence-corrected chi connectivity index (χ2v) is 5.45. The average Bonchev–Trinajstić information content (AvgIpc) is 3.07. The van der Waals surface area contributed by atoms with Crippen molar-refractivity contribution in [2.24, 2.45) is 0 Å². The molecule has 0 N–H and O–H groups in total. The van der Waals surface area contributed by atoms with Crippen molar-refractivity contribution in [2.75, 3.05) is 6.61 Å². The summed E-state index contributed by atoms with van der Waals surface area (Å²) in [4.78, 5) is 22.6. The third kappa shape index (κ3) is 5.09. The molecule has 0 radical (unpaired) electrons. The number of hydrogen-bond donors (Lipinski definition) is 0. The lowest BCUT2D eigenvalue weighted by Gasteiger charge is -2.05. The molecule has 2 rings (SSSR count). The Bertz CT molecular complexity index is 625. The van der Waals surface area contributed by atoms with Crippen LogP contribution in [0, 0.1) is 0 Å². The van der Waals surface area contributed by atoms with Crippen LogP contribution in [0.15, 0.2) is 40.8 Å².